The van der Waals surface area contributed by atoms with E-state index in [0.29, 0.717) is 25.3 Å². The summed E-state index contributed by atoms with van der Waals surface area (Å²) in [4.78, 5) is 24.1. The van der Waals surface area contributed by atoms with Crippen LogP contribution in [-0.2, 0) is 4.79 Å². The molecule has 0 aliphatic heterocycles. The molecule has 6 heteroatoms. The van der Waals surface area contributed by atoms with Gasteiger partial charge in [0.15, 0.2) is 0 Å². The summed E-state index contributed by atoms with van der Waals surface area (Å²) >= 11 is 0. The molecule has 110 valence electrons. The highest BCUT2D eigenvalue weighted by molar-refractivity contribution is 5.74. The number of aliphatic hydroxyl groups is 1. The number of nitrogens with zero attached hydrogens (tertiary/aromatic N) is 1. The number of aliphatic hydroxyl groups excluding tert-OH is 1. The maximum absolute atomic E-state index is 11.8. The van der Waals surface area contributed by atoms with E-state index in [9.17, 15) is 9.59 Å². The van der Waals surface area contributed by atoms with Crippen LogP contribution in [0, 0.1) is 11.8 Å². The molecule has 0 bridgehead atoms. The first-order valence-corrected chi connectivity index (χ1v) is 6.80. The number of carbonyl (C=O) groups excluding carboxylic acids is 1. The summed E-state index contributed by atoms with van der Waals surface area (Å²) in [6, 6.07) is -0.398. The van der Waals surface area contributed by atoms with Gasteiger partial charge in [0.1, 0.15) is 0 Å². The molecular formula is C13H24N2O4. The van der Waals surface area contributed by atoms with Crippen molar-refractivity contribution in [3.63, 3.8) is 0 Å². The van der Waals surface area contributed by atoms with E-state index in [1.807, 2.05) is 0 Å². The molecule has 1 atom stereocenters. The SMILES string of the molecule is CC(CO)N(C)C(=O)NCC1CCC(C(=O)O)CC1. The van der Waals surface area contributed by atoms with Crippen LogP contribution in [-0.4, -0.2) is 53.4 Å². The monoisotopic (exact) mass is 272 g/mol. The lowest BCUT2D eigenvalue weighted by molar-refractivity contribution is -0.143. The smallest absolute Gasteiger partial charge is 0.317 e. The Kier molecular flexibility index (Phi) is 6.08. The van der Waals surface area contributed by atoms with Crippen molar-refractivity contribution in [2.45, 2.75) is 38.6 Å². The molecule has 1 saturated carbocycles. The third kappa shape index (κ3) is 4.70. The Morgan fingerprint density at radius 3 is 2.37 bits per heavy atom. The first kappa shape index (κ1) is 15.8. The van der Waals surface area contributed by atoms with Crippen LogP contribution in [0.3, 0.4) is 0 Å². The van der Waals surface area contributed by atoms with E-state index < -0.39 is 5.97 Å². The van der Waals surface area contributed by atoms with Crippen LogP contribution in [0.25, 0.3) is 0 Å². The van der Waals surface area contributed by atoms with Gasteiger partial charge in [0.05, 0.1) is 18.6 Å². The van der Waals surface area contributed by atoms with Crippen molar-refractivity contribution in [2.24, 2.45) is 11.8 Å². The Balaban J connectivity index is 2.27. The van der Waals surface area contributed by atoms with Crippen LogP contribution in [0.2, 0.25) is 0 Å². The molecule has 0 aromatic heterocycles. The Hall–Kier alpha value is -1.30. The molecule has 1 rings (SSSR count). The number of carboxylic acids is 1. The van der Waals surface area contributed by atoms with Crippen LogP contribution in [0.15, 0.2) is 0 Å². The summed E-state index contributed by atoms with van der Waals surface area (Å²) in [6.07, 6.45) is 3.07. The largest absolute Gasteiger partial charge is 0.481 e. The van der Waals surface area contributed by atoms with Crippen molar-refractivity contribution in [1.29, 1.82) is 0 Å². The van der Waals surface area contributed by atoms with Crippen molar-refractivity contribution in [3.05, 3.63) is 0 Å². The molecule has 1 unspecified atom stereocenters. The highest BCUT2D eigenvalue weighted by Gasteiger charge is 2.26. The number of hydrogen-bond acceptors (Lipinski definition) is 3. The first-order valence-electron chi connectivity index (χ1n) is 6.80. The van der Waals surface area contributed by atoms with Crippen LogP contribution in [0.5, 0.6) is 0 Å². The molecule has 0 aromatic rings. The lowest BCUT2D eigenvalue weighted by atomic mass is 9.82. The second-order valence-corrected chi connectivity index (χ2v) is 5.38. The third-order valence-corrected chi connectivity index (χ3v) is 3.98. The number of carboxylic acid groups (broad SMARTS) is 1. The lowest BCUT2D eigenvalue weighted by Gasteiger charge is -2.28. The normalized spacial score (nSPS) is 24.6. The fourth-order valence-electron chi connectivity index (χ4n) is 2.29. The van der Waals surface area contributed by atoms with Gasteiger partial charge >= 0.3 is 12.0 Å². The van der Waals surface area contributed by atoms with Crippen molar-refractivity contribution < 1.29 is 19.8 Å². The van der Waals surface area contributed by atoms with Crippen molar-refractivity contribution >= 4 is 12.0 Å². The van der Waals surface area contributed by atoms with E-state index in [4.69, 9.17) is 10.2 Å². The average Bonchev–Trinajstić information content (AvgIpc) is 2.43. The van der Waals surface area contributed by atoms with Crippen LogP contribution < -0.4 is 5.32 Å². The summed E-state index contributed by atoms with van der Waals surface area (Å²) in [5.41, 5.74) is 0. The van der Waals surface area contributed by atoms with Gasteiger partial charge in [0.25, 0.3) is 0 Å². The summed E-state index contributed by atoms with van der Waals surface area (Å²) in [7, 11) is 1.65. The summed E-state index contributed by atoms with van der Waals surface area (Å²) in [6.45, 7) is 2.29. The van der Waals surface area contributed by atoms with E-state index in [2.05, 4.69) is 5.32 Å². The molecule has 0 saturated heterocycles. The molecular weight excluding hydrogens is 248 g/mol. The zero-order chi connectivity index (χ0) is 14.4. The fraction of sp³-hybridized carbons (Fsp3) is 0.846. The predicted octanol–water partition coefficient (Wildman–Crippen LogP) is 0.900. The lowest BCUT2D eigenvalue weighted by Crippen LogP contribution is -2.45. The molecule has 1 fully saturated rings. The molecule has 19 heavy (non-hydrogen) atoms. The molecule has 0 spiro atoms. The highest BCUT2D eigenvalue weighted by atomic mass is 16.4. The number of likely N-dealkylation sites (N-methyl/N-ethyl adjacent to an activating group) is 1. The molecule has 0 radical (unpaired) electrons. The van der Waals surface area contributed by atoms with Gasteiger partial charge in [-0.05, 0) is 38.5 Å². The zero-order valence-electron chi connectivity index (χ0n) is 11.6. The molecule has 3 N–H and O–H groups in total. The van der Waals surface area contributed by atoms with Crippen molar-refractivity contribution in [2.75, 3.05) is 20.2 Å². The topological polar surface area (TPSA) is 89.9 Å². The summed E-state index contributed by atoms with van der Waals surface area (Å²) in [5, 5.41) is 20.7. The first-order chi connectivity index (χ1) is 8.95. The minimum Gasteiger partial charge on any atom is -0.481 e. The van der Waals surface area contributed by atoms with E-state index in [0.717, 1.165) is 12.8 Å². The number of carbonyl (C=O) groups is 2. The van der Waals surface area contributed by atoms with Crippen molar-refractivity contribution in [1.82, 2.24) is 10.2 Å². The van der Waals surface area contributed by atoms with Gasteiger partial charge in [-0.2, -0.15) is 0 Å². The molecule has 1 aliphatic carbocycles. The van der Waals surface area contributed by atoms with Crippen LogP contribution >= 0.6 is 0 Å². The Bertz CT molecular complexity index is 314. The maximum Gasteiger partial charge on any atom is 0.317 e. The van der Waals surface area contributed by atoms with E-state index in [1.54, 1.807) is 14.0 Å². The number of rotatable bonds is 5. The number of nitrogens with one attached hydrogen (secondary N) is 1. The van der Waals surface area contributed by atoms with Gasteiger partial charge in [-0.1, -0.05) is 0 Å². The number of urea groups is 1. The minimum absolute atomic E-state index is 0.0619. The second kappa shape index (κ2) is 7.33. The van der Waals surface area contributed by atoms with Gasteiger partial charge in [-0.25, -0.2) is 4.79 Å². The van der Waals surface area contributed by atoms with Gasteiger partial charge in [0.2, 0.25) is 0 Å². The molecule has 0 heterocycles. The van der Waals surface area contributed by atoms with E-state index >= 15 is 0 Å². The quantitative estimate of drug-likeness (QED) is 0.693. The summed E-state index contributed by atoms with van der Waals surface area (Å²) in [5.74, 6) is -0.569. The van der Waals surface area contributed by atoms with Gasteiger partial charge in [-0.3, -0.25) is 4.79 Å². The molecule has 2 amide bonds. The van der Waals surface area contributed by atoms with Crippen LogP contribution in [0.4, 0.5) is 4.79 Å². The molecule has 6 nitrogen and oxygen atoms in total. The Labute approximate surface area is 113 Å². The standard InChI is InChI=1S/C13H24N2O4/c1-9(8-16)15(2)13(19)14-7-10-3-5-11(6-4-10)12(17)18/h9-11,16H,3-8H2,1-2H3,(H,14,19)(H,17,18). The highest BCUT2D eigenvalue weighted by Crippen LogP contribution is 2.28. The van der Waals surface area contributed by atoms with E-state index in [-0.39, 0.29) is 24.6 Å². The van der Waals surface area contributed by atoms with Crippen LogP contribution in [0.1, 0.15) is 32.6 Å². The third-order valence-electron chi connectivity index (χ3n) is 3.98. The minimum atomic E-state index is -0.709. The summed E-state index contributed by atoms with van der Waals surface area (Å²) < 4.78 is 0. The van der Waals surface area contributed by atoms with Gasteiger partial charge < -0.3 is 20.4 Å². The number of amides is 2. The molecule has 1 aliphatic rings. The maximum atomic E-state index is 11.8. The number of aliphatic carboxylic acids is 1. The predicted molar refractivity (Wildman–Crippen MR) is 70.8 cm³/mol. The fourth-order valence-corrected chi connectivity index (χ4v) is 2.29. The van der Waals surface area contributed by atoms with E-state index in [1.165, 1.54) is 4.90 Å². The second-order valence-electron chi connectivity index (χ2n) is 5.38. The Morgan fingerprint density at radius 2 is 1.89 bits per heavy atom. The van der Waals surface area contributed by atoms with Gasteiger partial charge in [-0.15, -0.1) is 0 Å². The zero-order valence-corrected chi connectivity index (χ0v) is 11.6. The molecule has 0 aromatic carbocycles. The number of hydrogen-bond donors (Lipinski definition) is 3. The average molecular weight is 272 g/mol. The Morgan fingerprint density at radius 1 is 1.32 bits per heavy atom. The van der Waals surface area contributed by atoms with Gasteiger partial charge in [0, 0.05) is 13.6 Å². The van der Waals surface area contributed by atoms with Crippen molar-refractivity contribution in [3.8, 4) is 0 Å².